The summed E-state index contributed by atoms with van der Waals surface area (Å²) in [6.07, 6.45) is 5.19. The molecule has 3 heterocycles. The number of amides is 1. The van der Waals surface area contributed by atoms with Gasteiger partial charge in [0, 0.05) is 18.5 Å². The number of aryl methyl sites for hydroxylation is 1. The van der Waals surface area contributed by atoms with Crippen molar-refractivity contribution in [1.82, 2.24) is 13.8 Å². The Bertz CT molecular complexity index is 696. The summed E-state index contributed by atoms with van der Waals surface area (Å²) in [5.41, 5.74) is 1.60. The lowest BCUT2D eigenvalue weighted by atomic mass is 9.96. The van der Waals surface area contributed by atoms with Crippen LogP contribution in [0.3, 0.4) is 0 Å². The van der Waals surface area contributed by atoms with Gasteiger partial charge in [0.25, 0.3) is 5.91 Å². The number of hydrogen-bond donors (Lipinski definition) is 0. The van der Waals surface area contributed by atoms with Gasteiger partial charge in [0.2, 0.25) is 0 Å². The Hall–Kier alpha value is -1.41. The predicted molar refractivity (Wildman–Crippen MR) is 72.3 cm³/mol. The van der Waals surface area contributed by atoms with Gasteiger partial charge in [-0.1, -0.05) is 5.16 Å². The first-order valence-corrected chi connectivity index (χ1v) is 8.78. The molecule has 0 radical (unpaired) electrons. The topological polar surface area (TPSA) is 83.7 Å². The second-order valence-electron chi connectivity index (χ2n) is 5.86. The Morgan fingerprint density at radius 2 is 2.05 bits per heavy atom. The van der Waals surface area contributed by atoms with Gasteiger partial charge in [-0.3, -0.25) is 4.79 Å². The highest BCUT2D eigenvalue weighted by Gasteiger charge is 2.52. The molecule has 0 spiro atoms. The second-order valence-corrected chi connectivity index (χ2v) is 7.66. The van der Waals surface area contributed by atoms with Crippen LogP contribution in [0.5, 0.6) is 0 Å². The van der Waals surface area contributed by atoms with Crippen molar-refractivity contribution in [1.29, 1.82) is 0 Å². The molecule has 0 saturated carbocycles. The van der Waals surface area contributed by atoms with Gasteiger partial charge in [0.1, 0.15) is 17.5 Å². The maximum atomic E-state index is 12.5. The van der Waals surface area contributed by atoms with Crippen molar-refractivity contribution >= 4 is 16.1 Å². The Morgan fingerprint density at radius 1 is 1.24 bits per heavy atom. The third-order valence-corrected chi connectivity index (χ3v) is 6.53. The number of nitrogens with zero attached hydrogens (tertiary/aromatic N) is 3. The van der Waals surface area contributed by atoms with E-state index in [0.717, 1.165) is 47.7 Å². The smallest absolute Gasteiger partial charge is 0.307 e. The number of fused-ring (bicyclic) bond motifs is 2. The van der Waals surface area contributed by atoms with Crippen molar-refractivity contribution < 1.29 is 17.7 Å². The molecule has 0 bridgehead atoms. The van der Waals surface area contributed by atoms with Gasteiger partial charge in [0.15, 0.2) is 0 Å². The van der Waals surface area contributed by atoms with Crippen LogP contribution < -0.4 is 0 Å². The SMILES string of the molecule is O=C1[C@@H]2CCCN2S(=O)(=O)N1Cc1noc2c1CCCC2. The van der Waals surface area contributed by atoms with Crippen LogP contribution in [0.2, 0.25) is 0 Å². The molecule has 2 fully saturated rings. The normalized spacial score (nSPS) is 27.9. The van der Waals surface area contributed by atoms with Crippen LogP contribution in [-0.2, 0) is 34.4 Å². The molecular formula is C13H17N3O4S. The average molecular weight is 311 g/mol. The summed E-state index contributed by atoms with van der Waals surface area (Å²) >= 11 is 0. The van der Waals surface area contributed by atoms with Crippen LogP contribution in [0.15, 0.2) is 4.52 Å². The molecule has 2 saturated heterocycles. The van der Waals surface area contributed by atoms with E-state index in [2.05, 4.69) is 5.16 Å². The van der Waals surface area contributed by atoms with Crippen molar-refractivity contribution in [2.24, 2.45) is 0 Å². The largest absolute Gasteiger partial charge is 0.361 e. The summed E-state index contributed by atoms with van der Waals surface area (Å²) < 4.78 is 32.5. The second kappa shape index (κ2) is 4.54. The van der Waals surface area contributed by atoms with E-state index in [-0.39, 0.29) is 12.5 Å². The van der Waals surface area contributed by atoms with Gasteiger partial charge < -0.3 is 4.52 Å². The zero-order valence-electron chi connectivity index (χ0n) is 11.6. The molecule has 0 N–H and O–H groups in total. The molecule has 1 aromatic heterocycles. The first kappa shape index (κ1) is 13.3. The molecule has 2 aliphatic heterocycles. The maximum absolute atomic E-state index is 12.5. The standard InChI is InChI=1S/C13H17N3O4S/c17-13-11-5-3-7-15(11)21(18,19)16(13)8-10-9-4-1-2-6-12(9)20-14-10/h11H,1-8H2/t11-/m0/s1. The van der Waals surface area contributed by atoms with Crippen molar-refractivity contribution in [3.63, 3.8) is 0 Å². The first-order chi connectivity index (χ1) is 10.1. The molecule has 1 aliphatic carbocycles. The van der Waals surface area contributed by atoms with Gasteiger partial charge in [-0.15, -0.1) is 0 Å². The van der Waals surface area contributed by atoms with Crippen LogP contribution in [0.4, 0.5) is 0 Å². The van der Waals surface area contributed by atoms with Crippen LogP contribution in [-0.4, -0.2) is 40.7 Å². The molecule has 0 aromatic carbocycles. The summed E-state index contributed by atoms with van der Waals surface area (Å²) in [6, 6.07) is -0.502. The van der Waals surface area contributed by atoms with Crippen molar-refractivity contribution in [2.45, 2.75) is 51.1 Å². The molecule has 3 aliphatic rings. The van der Waals surface area contributed by atoms with Gasteiger partial charge in [-0.2, -0.15) is 12.7 Å². The summed E-state index contributed by atoms with van der Waals surface area (Å²) in [7, 11) is -3.68. The van der Waals surface area contributed by atoms with E-state index in [1.54, 1.807) is 0 Å². The van der Waals surface area contributed by atoms with E-state index < -0.39 is 16.3 Å². The highest BCUT2D eigenvalue weighted by molar-refractivity contribution is 7.87. The monoisotopic (exact) mass is 311 g/mol. The summed E-state index contributed by atoms with van der Waals surface area (Å²) in [5.74, 6) is 0.529. The third-order valence-electron chi connectivity index (χ3n) is 4.63. The number of aromatic nitrogens is 1. The minimum atomic E-state index is -3.68. The van der Waals surface area contributed by atoms with Gasteiger partial charge >= 0.3 is 10.2 Å². The van der Waals surface area contributed by atoms with Crippen molar-refractivity contribution in [2.75, 3.05) is 6.54 Å². The molecule has 114 valence electrons. The molecule has 1 atom stereocenters. The molecule has 21 heavy (non-hydrogen) atoms. The Balaban J connectivity index is 1.65. The molecule has 8 heteroatoms. The van der Waals surface area contributed by atoms with E-state index in [0.29, 0.717) is 18.7 Å². The molecule has 0 unspecified atom stereocenters. The Kier molecular flexibility index (Phi) is 2.87. The fourth-order valence-corrected chi connectivity index (χ4v) is 5.30. The molecular weight excluding hydrogens is 294 g/mol. The van der Waals surface area contributed by atoms with Gasteiger partial charge in [-0.05, 0) is 32.1 Å². The lowest BCUT2D eigenvalue weighted by Gasteiger charge is -2.17. The third kappa shape index (κ3) is 1.85. The number of rotatable bonds is 2. The van der Waals surface area contributed by atoms with Crippen molar-refractivity contribution in [3.8, 4) is 0 Å². The Morgan fingerprint density at radius 3 is 2.86 bits per heavy atom. The lowest BCUT2D eigenvalue weighted by molar-refractivity contribution is -0.127. The van der Waals surface area contributed by atoms with Crippen LogP contribution in [0, 0.1) is 0 Å². The number of carbonyl (C=O) groups excluding carboxylic acids is 1. The molecule has 7 nitrogen and oxygen atoms in total. The lowest BCUT2D eigenvalue weighted by Crippen LogP contribution is -2.34. The fourth-order valence-electron chi connectivity index (χ4n) is 3.54. The number of hydrogen-bond acceptors (Lipinski definition) is 5. The van der Waals surface area contributed by atoms with Crippen LogP contribution >= 0.6 is 0 Å². The average Bonchev–Trinajstić information content (AvgIpc) is 3.14. The van der Waals surface area contributed by atoms with E-state index in [1.807, 2.05) is 0 Å². The highest BCUT2D eigenvalue weighted by atomic mass is 32.2. The summed E-state index contributed by atoms with van der Waals surface area (Å²) in [4.78, 5) is 12.3. The van der Waals surface area contributed by atoms with Gasteiger partial charge in [-0.25, -0.2) is 4.31 Å². The van der Waals surface area contributed by atoms with Crippen molar-refractivity contribution in [3.05, 3.63) is 17.0 Å². The van der Waals surface area contributed by atoms with E-state index in [1.165, 1.54) is 4.31 Å². The number of carbonyl (C=O) groups is 1. The maximum Gasteiger partial charge on any atom is 0.307 e. The van der Waals surface area contributed by atoms with E-state index >= 15 is 0 Å². The summed E-state index contributed by atoms with van der Waals surface area (Å²) in [6.45, 7) is 0.444. The van der Waals surface area contributed by atoms with E-state index in [9.17, 15) is 13.2 Å². The fraction of sp³-hybridized carbons (Fsp3) is 0.692. The minimum Gasteiger partial charge on any atom is -0.361 e. The zero-order chi connectivity index (χ0) is 14.6. The van der Waals surface area contributed by atoms with Crippen LogP contribution in [0.1, 0.15) is 42.7 Å². The zero-order valence-corrected chi connectivity index (χ0v) is 12.4. The molecule has 1 aromatic rings. The predicted octanol–water partition coefficient (Wildman–Crippen LogP) is 0.605. The Labute approximate surface area is 123 Å². The van der Waals surface area contributed by atoms with Gasteiger partial charge in [0.05, 0.1) is 6.54 Å². The minimum absolute atomic E-state index is 0.00694. The van der Waals surface area contributed by atoms with E-state index in [4.69, 9.17) is 4.52 Å². The quantitative estimate of drug-likeness (QED) is 0.799. The molecule has 4 rings (SSSR count). The summed E-state index contributed by atoms with van der Waals surface area (Å²) in [5, 5.41) is 4.00. The van der Waals surface area contributed by atoms with Crippen LogP contribution in [0.25, 0.3) is 0 Å². The molecule has 1 amide bonds. The first-order valence-electron chi connectivity index (χ1n) is 7.38. The highest BCUT2D eigenvalue weighted by Crippen LogP contribution is 2.34.